The Morgan fingerprint density at radius 2 is 1.87 bits per heavy atom. The van der Waals surface area contributed by atoms with Crippen LogP contribution in [0, 0.1) is 18.6 Å². The lowest BCUT2D eigenvalue weighted by atomic mass is 10.0. The number of nitrogens with zero attached hydrogens (tertiary/aromatic N) is 2. The molecule has 2 amide bonds. The Morgan fingerprint density at radius 1 is 1.23 bits per heavy atom. The normalized spacial score (nSPS) is 19.9. The number of aromatic nitrogens is 1. The fraction of sp³-hybridized carbons (Fsp3) is 0.381. The molecule has 0 bridgehead atoms. The SMILES string of the molecule is CCN1C(=O)c2c(O)c(=O)c(C(=O)NCc3c(F)cc(C)cc3F)cn2[C@@H]2COC[C@@H]21. The second kappa shape index (κ2) is 7.77. The summed E-state index contributed by atoms with van der Waals surface area (Å²) in [6.45, 7) is 3.73. The van der Waals surface area contributed by atoms with Crippen molar-refractivity contribution in [3.05, 3.63) is 62.6 Å². The van der Waals surface area contributed by atoms with Gasteiger partial charge in [0.1, 0.15) is 17.2 Å². The first kappa shape index (κ1) is 21.0. The number of benzene rings is 1. The Balaban J connectivity index is 1.69. The van der Waals surface area contributed by atoms with E-state index in [0.717, 1.165) is 12.1 Å². The highest BCUT2D eigenvalue weighted by molar-refractivity contribution is 5.99. The predicted molar refractivity (Wildman–Crippen MR) is 105 cm³/mol. The summed E-state index contributed by atoms with van der Waals surface area (Å²) in [4.78, 5) is 39.6. The summed E-state index contributed by atoms with van der Waals surface area (Å²) in [7, 11) is 0. The number of pyridine rings is 1. The van der Waals surface area contributed by atoms with Gasteiger partial charge in [-0.05, 0) is 31.5 Å². The summed E-state index contributed by atoms with van der Waals surface area (Å²) >= 11 is 0. The molecule has 2 atom stereocenters. The van der Waals surface area contributed by atoms with Gasteiger partial charge in [-0.2, -0.15) is 0 Å². The first-order chi connectivity index (χ1) is 14.7. The van der Waals surface area contributed by atoms with Crippen LogP contribution < -0.4 is 10.7 Å². The van der Waals surface area contributed by atoms with E-state index in [1.165, 1.54) is 22.6 Å². The number of ether oxygens (including phenoxy) is 1. The zero-order valence-corrected chi connectivity index (χ0v) is 16.9. The number of nitrogens with one attached hydrogen (secondary N) is 1. The number of likely N-dealkylation sites (N-methyl/N-ethyl adjacent to an activating group) is 1. The van der Waals surface area contributed by atoms with E-state index in [1.54, 1.807) is 6.92 Å². The first-order valence-electron chi connectivity index (χ1n) is 9.84. The minimum absolute atomic E-state index is 0.203. The molecule has 0 unspecified atom stereocenters. The van der Waals surface area contributed by atoms with Crippen LogP contribution in [0.25, 0.3) is 0 Å². The van der Waals surface area contributed by atoms with Gasteiger partial charge in [-0.3, -0.25) is 14.4 Å². The van der Waals surface area contributed by atoms with Gasteiger partial charge in [0.05, 0.1) is 25.3 Å². The molecule has 0 spiro atoms. The van der Waals surface area contributed by atoms with Crippen LogP contribution >= 0.6 is 0 Å². The Hall–Kier alpha value is -3.27. The number of amides is 2. The van der Waals surface area contributed by atoms with Crippen molar-refractivity contribution in [2.24, 2.45) is 0 Å². The van der Waals surface area contributed by atoms with E-state index >= 15 is 0 Å². The zero-order chi connectivity index (χ0) is 22.4. The maximum Gasteiger partial charge on any atom is 0.274 e. The highest BCUT2D eigenvalue weighted by atomic mass is 19.1. The van der Waals surface area contributed by atoms with E-state index in [2.05, 4.69) is 5.32 Å². The summed E-state index contributed by atoms with van der Waals surface area (Å²) in [5, 5.41) is 12.8. The smallest absolute Gasteiger partial charge is 0.274 e. The van der Waals surface area contributed by atoms with Gasteiger partial charge < -0.3 is 24.6 Å². The molecule has 2 N–H and O–H groups in total. The Kier molecular flexibility index (Phi) is 5.26. The van der Waals surface area contributed by atoms with Gasteiger partial charge in [0.15, 0.2) is 11.4 Å². The maximum absolute atomic E-state index is 14.0. The summed E-state index contributed by atoms with van der Waals surface area (Å²) in [6.07, 6.45) is 1.20. The minimum Gasteiger partial charge on any atom is -0.503 e. The molecule has 10 heteroatoms. The van der Waals surface area contributed by atoms with E-state index in [-0.39, 0.29) is 29.9 Å². The third kappa shape index (κ3) is 3.36. The first-order valence-corrected chi connectivity index (χ1v) is 9.84. The van der Waals surface area contributed by atoms with E-state index < -0.39 is 46.7 Å². The molecule has 2 aliphatic rings. The van der Waals surface area contributed by atoms with Crippen LogP contribution in [0.4, 0.5) is 8.78 Å². The molecule has 0 radical (unpaired) electrons. The quantitative estimate of drug-likeness (QED) is 0.761. The predicted octanol–water partition coefficient (Wildman–Crippen LogP) is 1.49. The van der Waals surface area contributed by atoms with Gasteiger partial charge in [-0.1, -0.05) is 0 Å². The van der Waals surface area contributed by atoms with E-state index in [0.29, 0.717) is 18.7 Å². The number of aryl methyl sites for hydroxylation is 1. The van der Waals surface area contributed by atoms with Crippen LogP contribution in [0.2, 0.25) is 0 Å². The summed E-state index contributed by atoms with van der Waals surface area (Å²) < 4.78 is 35.0. The average Bonchev–Trinajstić information content (AvgIpc) is 3.19. The molecule has 8 nitrogen and oxygen atoms in total. The highest BCUT2D eigenvalue weighted by Gasteiger charge is 2.44. The van der Waals surface area contributed by atoms with Crippen LogP contribution in [0.5, 0.6) is 5.75 Å². The fourth-order valence-corrected chi connectivity index (χ4v) is 4.18. The number of carbonyl (C=O) groups is 2. The van der Waals surface area contributed by atoms with Crippen molar-refractivity contribution in [2.75, 3.05) is 19.8 Å². The van der Waals surface area contributed by atoms with Crippen molar-refractivity contribution in [1.29, 1.82) is 0 Å². The van der Waals surface area contributed by atoms with E-state index in [9.17, 15) is 28.3 Å². The number of fused-ring (bicyclic) bond motifs is 3. The Morgan fingerprint density at radius 3 is 2.52 bits per heavy atom. The average molecular weight is 433 g/mol. The van der Waals surface area contributed by atoms with Crippen LogP contribution in [0.15, 0.2) is 23.1 Å². The van der Waals surface area contributed by atoms with Gasteiger partial charge in [0.25, 0.3) is 11.8 Å². The van der Waals surface area contributed by atoms with Gasteiger partial charge in [-0.25, -0.2) is 8.78 Å². The number of halogens is 2. The molecule has 2 aromatic rings. The number of rotatable bonds is 4. The van der Waals surface area contributed by atoms with Crippen LogP contribution in [-0.2, 0) is 11.3 Å². The van der Waals surface area contributed by atoms with Crippen LogP contribution in [0.1, 0.15) is 44.9 Å². The topological polar surface area (TPSA) is 101 Å². The highest BCUT2D eigenvalue weighted by Crippen LogP contribution is 2.34. The molecule has 2 aliphatic heterocycles. The monoisotopic (exact) mass is 433 g/mol. The van der Waals surface area contributed by atoms with Crippen molar-refractivity contribution >= 4 is 11.8 Å². The van der Waals surface area contributed by atoms with Crippen molar-refractivity contribution < 1.29 is 28.2 Å². The van der Waals surface area contributed by atoms with Crippen LogP contribution in [-0.4, -0.2) is 52.2 Å². The van der Waals surface area contributed by atoms with Crippen LogP contribution in [0.3, 0.4) is 0 Å². The zero-order valence-electron chi connectivity index (χ0n) is 16.9. The number of aromatic hydroxyl groups is 1. The molecule has 164 valence electrons. The third-order valence-corrected chi connectivity index (χ3v) is 5.75. The van der Waals surface area contributed by atoms with Gasteiger partial charge in [0, 0.05) is 24.8 Å². The Bertz CT molecular complexity index is 1120. The molecule has 0 aliphatic carbocycles. The number of hydrogen-bond acceptors (Lipinski definition) is 5. The molecular weight excluding hydrogens is 412 g/mol. The lowest BCUT2D eigenvalue weighted by molar-refractivity contribution is 0.0569. The number of carbonyl (C=O) groups excluding carboxylic acids is 2. The van der Waals surface area contributed by atoms with Gasteiger partial charge in [0.2, 0.25) is 5.43 Å². The summed E-state index contributed by atoms with van der Waals surface area (Å²) in [5.41, 5.74) is -1.62. The Labute approximate surface area is 176 Å². The van der Waals surface area contributed by atoms with Gasteiger partial charge >= 0.3 is 0 Å². The van der Waals surface area contributed by atoms with E-state index in [4.69, 9.17) is 4.74 Å². The summed E-state index contributed by atoms with van der Waals surface area (Å²) in [6, 6.07) is 1.60. The van der Waals surface area contributed by atoms with Crippen molar-refractivity contribution in [3.8, 4) is 5.75 Å². The fourth-order valence-electron chi connectivity index (χ4n) is 4.18. The third-order valence-electron chi connectivity index (χ3n) is 5.75. The van der Waals surface area contributed by atoms with E-state index in [1.807, 2.05) is 0 Å². The second-order valence-corrected chi connectivity index (χ2v) is 7.63. The molecular formula is C21H21F2N3O5. The molecule has 0 saturated carbocycles. The maximum atomic E-state index is 14.0. The van der Waals surface area contributed by atoms with Gasteiger partial charge in [-0.15, -0.1) is 0 Å². The summed E-state index contributed by atoms with van der Waals surface area (Å²) in [5.74, 6) is -3.93. The molecule has 3 heterocycles. The largest absolute Gasteiger partial charge is 0.503 e. The van der Waals surface area contributed by atoms with Crippen molar-refractivity contribution in [2.45, 2.75) is 32.5 Å². The van der Waals surface area contributed by atoms with Crippen molar-refractivity contribution in [3.63, 3.8) is 0 Å². The standard InChI is InChI=1S/C21H21F2N3O5/c1-3-25-15-8-31-9-16(15)26-7-12(18(27)19(28)17(26)21(25)30)20(29)24-6-11-13(22)4-10(2)5-14(11)23/h4-5,7,15-16,28H,3,6,8-9H2,1-2H3,(H,24,29)/t15-,16+/m0/s1. The molecule has 4 rings (SSSR count). The van der Waals surface area contributed by atoms with Crippen molar-refractivity contribution in [1.82, 2.24) is 14.8 Å². The lowest BCUT2D eigenvalue weighted by Crippen LogP contribution is -2.51. The molecule has 1 aromatic heterocycles. The number of hydrogen-bond donors (Lipinski definition) is 2. The lowest BCUT2D eigenvalue weighted by Gasteiger charge is -2.38. The molecule has 1 saturated heterocycles. The minimum atomic E-state index is -1.03. The molecule has 1 fully saturated rings. The second-order valence-electron chi connectivity index (χ2n) is 7.63. The molecule has 1 aromatic carbocycles. The molecule has 31 heavy (non-hydrogen) atoms.